The van der Waals surface area contributed by atoms with Crippen LogP contribution in [-0.2, 0) is 9.59 Å². The lowest BCUT2D eigenvalue weighted by Gasteiger charge is -2.26. The van der Waals surface area contributed by atoms with Gasteiger partial charge in [-0.1, -0.05) is 24.9 Å². The van der Waals surface area contributed by atoms with Crippen molar-refractivity contribution in [3.8, 4) is 0 Å². The van der Waals surface area contributed by atoms with Crippen LogP contribution in [0.15, 0.2) is 33.4 Å². The predicted octanol–water partition coefficient (Wildman–Crippen LogP) is 3.21. The number of hydrogen-bond donors (Lipinski definition) is 2. The van der Waals surface area contributed by atoms with Crippen molar-refractivity contribution in [2.45, 2.75) is 39.2 Å². The topological polar surface area (TPSA) is 100 Å². The molecule has 2 amide bonds. The summed E-state index contributed by atoms with van der Waals surface area (Å²) >= 11 is 3.30. The van der Waals surface area contributed by atoms with Gasteiger partial charge in [0, 0.05) is 16.7 Å². The molecule has 0 aliphatic heterocycles. The van der Waals surface area contributed by atoms with Gasteiger partial charge >= 0.3 is 0 Å². The van der Waals surface area contributed by atoms with Gasteiger partial charge in [-0.3, -0.25) is 14.5 Å². The van der Waals surface area contributed by atoms with Gasteiger partial charge < -0.3 is 15.2 Å². The van der Waals surface area contributed by atoms with Crippen molar-refractivity contribution in [1.82, 2.24) is 15.0 Å². The van der Waals surface area contributed by atoms with Gasteiger partial charge in [0.25, 0.3) is 0 Å². The third-order valence-electron chi connectivity index (χ3n) is 3.93. The molecule has 0 fully saturated rings. The zero-order valence-electron chi connectivity index (χ0n) is 15.7. The third-order valence-corrected chi connectivity index (χ3v) is 4.40. The number of anilines is 2. The number of nitrogens with one attached hydrogen (secondary N) is 2. The first kappa shape index (κ1) is 21.0. The SMILES string of the molecule is CCCCC(C(=O)Nc1cc(C)on1)N(C)CC(=O)Nc1ccc(Br)cn1. The number of halogens is 1. The molecule has 0 aliphatic rings. The maximum absolute atomic E-state index is 12.7. The molecule has 0 aliphatic carbocycles. The van der Waals surface area contributed by atoms with E-state index in [4.69, 9.17) is 4.52 Å². The molecular weight excluding hydrogens is 414 g/mol. The van der Waals surface area contributed by atoms with Crippen molar-refractivity contribution in [3.63, 3.8) is 0 Å². The Labute approximate surface area is 166 Å². The molecule has 0 radical (unpaired) electrons. The van der Waals surface area contributed by atoms with Gasteiger partial charge in [0.1, 0.15) is 11.6 Å². The molecular formula is C18H24BrN5O3. The summed E-state index contributed by atoms with van der Waals surface area (Å²) < 4.78 is 5.80. The number of carbonyl (C=O) groups excluding carboxylic acids is 2. The van der Waals surface area contributed by atoms with Crippen molar-refractivity contribution in [2.24, 2.45) is 0 Å². The Morgan fingerprint density at radius 2 is 2.07 bits per heavy atom. The minimum absolute atomic E-state index is 0.0669. The average Bonchev–Trinajstić information content (AvgIpc) is 3.02. The maximum atomic E-state index is 12.7. The van der Waals surface area contributed by atoms with Crippen LogP contribution in [0.2, 0.25) is 0 Å². The van der Waals surface area contributed by atoms with Gasteiger partial charge in [-0.15, -0.1) is 0 Å². The molecule has 0 spiro atoms. The van der Waals surface area contributed by atoms with Gasteiger partial charge in [-0.2, -0.15) is 0 Å². The molecule has 0 saturated carbocycles. The summed E-state index contributed by atoms with van der Waals surface area (Å²) in [6.45, 7) is 3.88. The fraction of sp³-hybridized carbons (Fsp3) is 0.444. The Kier molecular flexibility index (Phi) is 7.93. The summed E-state index contributed by atoms with van der Waals surface area (Å²) in [6.07, 6.45) is 4.07. The Morgan fingerprint density at radius 1 is 1.30 bits per heavy atom. The van der Waals surface area contributed by atoms with E-state index in [9.17, 15) is 9.59 Å². The highest BCUT2D eigenvalue weighted by molar-refractivity contribution is 9.10. The Morgan fingerprint density at radius 3 is 2.67 bits per heavy atom. The molecule has 2 N–H and O–H groups in total. The van der Waals surface area contributed by atoms with E-state index in [1.54, 1.807) is 43.3 Å². The number of rotatable bonds is 9. The Bertz CT molecular complexity index is 763. The highest BCUT2D eigenvalue weighted by atomic mass is 79.9. The zero-order chi connectivity index (χ0) is 19.8. The molecule has 8 nitrogen and oxygen atoms in total. The molecule has 27 heavy (non-hydrogen) atoms. The van der Waals surface area contributed by atoms with Crippen LogP contribution in [0.4, 0.5) is 11.6 Å². The van der Waals surface area contributed by atoms with E-state index in [1.807, 2.05) is 0 Å². The molecule has 0 bridgehead atoms. The first-order valence-corrected chi connectivity index (χ1v) is 9.54. The van der Waals surface area contributed by atoms with E-state index < -0.39 is 6.04 Å². The molecule has 2 aromatic heterocycles. The first-order chi connectivity index (χ1) is 12.9. The van der Waals surface area contributed by atoms with Crippen LogP contribution in [0.25, 0.3) is 0 Å². The standard InChI is InChI=1S/C18H24BrN5O3/c1-4-5-6-14(18(26)22-16-9-12(2)27-23-16)24(3)11-17(25)21-15-8-7-13(19)10-20-15/h7-10,14H,4-6,11H2,1-3H3,(H,20,21,25)(H,22,23,26). The summed E-state index contributed by atoms with van der Waals surface area (Å²) in [5.74, 6) is 0.998. The lowest BCUT2D eigenvalue weighted by molar-refractivity contribution is -0.123. The second-order valence-corrected chi connectivity index (χ2v) is 7.21. The minimum Gasteiger partial charge on any atom is -0.360 e. The number of aryl methyl sites for hydroxylation is 1. The van der Waals surface area contributed by atoms with Crippen LogP contribution in [-0.4, -0.2) is 46.5 Å². The van der Waals surface area contributed by atoms with E-state index in [0.29, 0.717) is 23.8 Å². The summed E-state index contributed by atoms with van der Waals surface area (Å²) in [4.78, 5) is 30.8. The molecule has 0 saturated heterocycles. The van der Waals surface area contributed by atoms with E-state index in [2.05, 4.69) is 43.6 Å². The fourth-order valence-electron chi connectivity index (χ4n) is 2.55. The van der Waals surface area contributed by atoms with Gasteiger partial charge in [0.15, 0.2) is 5.82 Å². The van der Waals surface area contributed by atoms with Crippen molar-refractivity contribution in [3.05, 3.63) is 34.6 Å². The van der Waals surface area contributed by atoms with E-state index in [0.717, 1.165) is 17.3 Å². The van der Waals surface area contributed by atoms with Crippen molar-refractivity contribution >= 4 is 39.4 Å². The van der Waals surface area contributed by atoms with Gasteiger partial charge in [0.05, 0.1) is 12.6 Å². The number of carbonyl (C=O) groups is 2. The summed E-state index contributed by atoms with van der Waals surface area (Å²) in [5, 5.41) is 9.26. The third kappa shape index (κ3) is 6.76. The number of pyridine rings is 1. The molecule has 2 rings (SSSR count). The van der Waals surface area contributed by atoms with Crippen LogP contribution in [0.1, 0.15) is 31.9 Å². The monoisotopic (exact) mass is 437 g/mol. The van der Waals surface area contributed by atoms with Crippen LogP contribution >= 0.6 is 15.9 Å². The second-order valence-electron chi connectivity index (χ2n) is 6.30. The number of nitrogens with zero attached hydrogens (tertiary/aromatic N) is 3. The highest BCUT2D eigenvalue weighted by Crippen LogP contribution is 2.14. The zero-order valence-corrected chi connectivity index (χ0v) is 17.2. The molecule has 2 aromatic rings. The number of unbranched alkanes of at least 4 members (excludes halogenated alkanes) is 1. The molecule has 146 valence electrons. The quantitative estimate of drug-likeness (QED) is 0.624. The Hall–Kier alpha value is -2.26. The van der Waals surface area contributed by atoms with E-state index >= 15 is 0 Å². The number of likely N-dealkylation sites (N-methyl/N-ethyl adjacent to an activating group) is 1. The Balaban J connectivity index is 1.97. The van der Waals surface area contributed by atoms with Crippen LogP contribution < -0.4 is 10.6 Å². The molecule has 1 unspecified atom stereocenters. The number of hydrogen-bond acceptors (Lipinski definition) is 6. The molecule has 9 heteroatoms. The second kappa shape index (κ2) is 10.2. The van der Waals surface area contributed by atoms with Crippen LogP contribution in [0.3, 0.4) is 0 Å². The number of aromatic nitrogens is 2. The van der Waals surface area contributed by atoms with Gasteiger partial charge in [-0.25, -0.2) is 4.98 Å². The molecule has 2 heterocycles. The van der Waals surface area contributed by atoms with Gasteiger partial charge in [-0.05, 0) is 48.5 Å². The summed E-state index contributed by atoms with van der Waals surface area (Å²) in [6, 6.07) is 4.70. The lowest BCUT2D eigenvalue weighted by Crippen LogP contribution is -2.45. The van der Waals surface area contributed by atoms with E-state index in [-0.39, 0.29) is 18.4 Å². The summed E-state index contributed by atoms with van der Waals surface area (Å²) in [5.41, 5.74) is 0. The normalized spacial score (nSPS) is 12.0. The van der Waals surface area contributed by atoms with Crippen LogP contribution in [0, 0.1) is 6.92 Å². The fourth-order valence-corrected chi connectivity index (χ4v) is 2.79. The van der Waals surface area contributed by atoms with Crippen molar-refractivity contribution < 1.29 is 14.1 Å². The lowest BCUT2D eigenvalue weighted by atomic mass is 10.1. The first-order valence-electron chi connectivity index (χ1n) is 8.75. The smallest absolute Gasteiger partial charge is 0.242 e. The van der Waals surface area contributed by atoms with E-state index in [1.165, 1.54) is 0 Å². The predicted molar refractivity (Wildman–Crippen MR) is 106 cm³/mol. The van der Waals surface area contributed by atoms with Crippen molar-refractivity contribution in [2.75, 3.05) is 24.2 Å². The van der Waals surface area contributed by atoms with Crippen molar-refractivity contribution in [1.29, 1.82) is 0 Å². The molecule has 0 aromatic carbocycles. The number of amides is 2. The largest absolute Gasteiger partial charge is 0.360 e. The van der Waals surface area contributed by atoms with Gasteiger partial charge in [0.2, 0.25) is 11.8 Å². The molecule has 1 atom stereocenters. The average molecular weight is 438 g/mol. The minimum atomic E-state index is -0.453. The highest BCUT2D eigenvalue weighted by Gasteiger charge is 2.25. The van der Waals surface area contributed by atoms with Crippen LogP contribution in [0.5, 0.6) is 0 Å². The summed E-state index contributed by atoms with van der Waals surface area (Å²) in [7, 11) is 1.75. The maximum Gasteiger partial charge on any atom is 0.242 e.